The van der Waals surface area contributed by atoms with Gasteiger partial charge in [0.05, 0.1) is 0 Å². The highest BCUT2D eigenvalue weighted by Crippen LogP contribution is 2.25. The van der Waals surface area contributed by atoms with Crippen LogP contribution in [0.1, 0.15) is 32.3 Å². The summed E-state index contributed by atoms with van der Waals surface area (Å²) in [4.78, 5) is 1.67. The van der Waals surface area contributed by atoms with E-state index < -0.39 is 11.6 Å². The molecule has 0 saturated heterocycles. The third-order valence-corrected chi connectivity index (χ3v) is 2.72. The van der Waals surface area contributed by atoms with Gasteiger partial charge >= 0.3 is 0 Å². The molecule has 6 heteroatoms. The molecule has 0 spiro atoms. The van der Waals surface area contributed by atoms with Crippen LogP contribution in [0, 0.1) is 11.6 Å². The van der Waals surface area contributed by atoms with Crippen molar-refractivity contribution in [3.05, 3.63) is 29.3 Å². The fourth-order valence-corrected chi connectivity index (χ4v) is 1.95. The number of oxime groups is 1. The van der Waals surface area contributed by atoms with Gasteiger partial charge in [0.2, 0.25) is 0 Å². The maximum Gasteiger partial charge on any atom is 0.170 e. The summed E-state index contributed by atoms with van der Waals surface area (Å²) in [7, 11) is 0. The molecule has 1 rings (SSSR count). The lowest BCUT2D eigenvalue weighted by Crippen LogP contribution is -2.27. The minimum Gasteiger partial charge on any atom is -0.409 e. The van der Waals surface area contributed by atoms with Crippen LogP contribution in [-0.2, 0) is 0 Å². The Morgan fingerprint density at radius 3 is 2.05 bits per heavy atom. The van der Waals surface area contributed by atoms with Crippen LogP contribution in [0.15, 0.2) is 17.3 Å². The highest BCUT2D eigenvalue weighted by Gasteiger charge is 2.18. The molecule has 0 heterocycles. The second kappa shape index (κ2) is 6.92. The van der Waals surface area contributed by atoms with E-state index in [2.05, 4.69) is 5.16 Å². The van der Waals surface area contributed by atoms with Gasteiger partial charge in [0.1, 0.15) is 17.3 Å². The molecule has 0 amide bonds. The van der Waals surface area contributed by atoms with Crippen molar-refractivity contribution < 1.29 is 14.0 Å². The molecule has 0 unspecified atom stereocenters. The first kappa shape index (κ1) is 15.2. The zero-order valence-corrected chi connectivity index (χ0v) is 11.2. The minimum atomic E-state index is -0.705. The molecule has 3 N–H and O–H groups in total. The van der Waals surface area contributed by atoms with Crippen LogP contribution in [0.2, 0.25) is 0 Å². The van der Waals surface area contributed by atoms with E-state index in [1.165, 1.54) is 0 Å². The van der Waals surface area contributed by atoms with Gasteiger partial charge < -0.3 is 15.8 Å². The van der Waals surface area contributed by atoms with Crippen LogP contribution in [-0.4, -0.2) is 24.1 Å². The molecule has 19 heavy (non-hydrogen) atoms. The number of nitrogens with two attached hydrogens (primary N) is 1. The average Bonchev–Trinajstić information content (AvgIpc) is 2.37. The van der Waals surface area contributed by atoms with Gasteiger partial charge in [0, 0.05) is 18.7 Å². The lowest BCUT2D eigenvalue weighted by molar-refractivity contribution is 0.318. The Labute approximate surface area is 111 Å². The van der Waals surface area contributed by atoms with Crippen LogP contribution in [0.3, 0.4) is 0 Å². The summed E-state index contributed by atoms with van der Waals surface area (Å²) in [5, 5.41) is 11.3. The molecule has 0 fully saturated rings. The highest BCUT2D eigenvalue weighted by molar-refractivity contribution is 5.97. The standard InChI is InChI=1S/C13H19F2N3O/c1-3-5-18(6-4-2)12-10(14)7-9(8-11(12)15)13(16)17-19/h7-8,19H,3-6H2,1-2H3,(H2,16,17). The van der Waals surface area contributed by atoms with Crippen molar-refractivity contribution in [2.24, 2.45) is 10.9 Å². The van der Waals surface area contributed by atoms with E-state index >= 15 is 0 Å². The minimum absolute atomic E-state index is 0.0224. The Hall–Kier alpha value is -1.85. The van der Waals surface area contributed by atoms with Gasteiger partial charge in [0.25, 0.3) is 0 Å². The first-order valence-electron chi connectivity index (χ1n) is 6.27. The molecule has 0 saturated carbocycles. The van der Waals surface area contributed by atoms with Gasteiger partial charge in [-0.15, -0.1) is 0 Å². The topological polar surface area (TPSA) is 61.8 Å². The molecule has 0 atom stereocenters. The summed E-state index contributed by atoms with van der Waals surface area (Å²) >= 11 is 0. The number of benzene rings is 1. The molecular formula is C13H19F2N3O. The molecule has 0 radical (unpaired) electrons. The number of anilines is 1. The molecule has 4 nitrogen and oxygen atoms in total. The predicted molar refractivity (Wildman–Crippen MR) is 71.7 cm³/mol. The molecule has 0 aromatic heterocycles. The number of halogens is 2. The monoisotopic (exact) mass is 271 g/mol. The van der Waals surface area contributed by atoms with Gasteiger partial charge in [-0.3, -0.25) is 0 Å². The SMILES string of the molecule is CCCN(CCC)c1c(F)cc(C(N)=NO)cc1F. The van der Waals surface area contributed by atoms with Crippen molar-refractivity contribution in [3.8, 4) is 0 Å². The summed E-state index contributed by atoms with van der Waals surface area (Å²) in [6, 6.07) is 2.15. The Morgan fingerprint density at radius 2 is 1.68 bits per heavy atom. The van der Waals surface area contributed by atoms with Gasteiger partial charge in [-0.25, -0.2) is 8.78 Å². The van der Waals surface area contributed by atoms with E-state index in [9.17, 15) is 8.78 Å². The molecule has 106 valence electrons. The largest absolute Gasteiger partial charge is 0.409 e. The van der Waals surface area contributed by atoms with Crippen LogP contribution >= 0.6 is 0 Å². The van der Waals surface area contributed by atoms with E-state index in [1.807, 2.05) is 13.8 Å². The van der Waals surface area contributed by atoms with Gasteiger partial charge in [0.15, 0.2) is 5.84 Å². The van der Waals surface area contributed by atoms with E-state index in [1.54, 1.807) is 4.90 Å². The molecule has 1 aromatic rings. The number of nitrogens with zero attached hydrogens (tertiary/aromatic N) is 2. The molecule has 0 aliphatic rings. The smallest absolute Gasteiger partial charge is 0.170 e. The fraction of sp³-hybridized carbons (Fsp3) is 0.462. The van der Waals surface area contributed by atoms with Gasteiger partial charge in [-0.2, -0.15) is 0 Å². The van der Waals surface area contributed by atoms with Gasteiger partial charge in [-0.05, 0) is 25.0 Å². The van der Waals surface area contributed by atoms with Crippen LogP contribution in [0.5, 0.6) is 0 Å². The lowest BCUT2D eigenvalue weighted by Gasteiger charge is -2.25. The second-order valence-corrected chi connectivity index (χ2v) is 4.26. The van der Waals surface area contributed by atoms with Crippen molar-refractivity contribution in [1.82, 2.24) is 0 Å². The summed E-state index contributed by atoms with van der Waals surface area (Å²) < 4.78 is 28.1. The van der Waals surface area contributed by atoms with Crippen LogP contribution in [0.4, 0.5) is 14.5 Å². The highest BCUT2D eigenvalue weighted by atomic mass is 19.1. The predicted octanol–water partition coefficient (Wildman–Crippen LogP) is 2.69. The lowest BCUT2D eigenvalue weighted by atomic mass is 10.1. The second-order valence-electron chi connectivity index (χ2n) is 4.26. The zero-order chi connectivity index (χ0) is 14.4. The van der Waals surface area contributed by atoms with Crippen molar-refractivity contribution in [2.45, 2.75) is 26.7 Å². The Balaban J connectivity index is 3.21. The average molecular weight is 271 g/mol. The van der Waals surface area contributed by atoms with Crippen molar-refractivity contribution >= 4 is 11.5 Å². The Bertz CT molecular complexity index is 434. The maximum atomic E-state index is 14.0. The van der Waals surface area contributed by atoms with Crippen molar-refractivity contribution in [1.29, 1.82) is 0 Å². The summed E-state index contributed by atoms with van der Waals surface area (Å²) in [6.45, 7) is 5.04. The normalized spacial score (nSPS) is 11.7. The molecule has 0 aliphatic heterocycles. The number of hydrogen-bond acceptors (Lipinski definition) is 3. The zero-order valence-electron chi connectivity index (χ0n) is 11.2. The molecular weight excluding hydrogens is 252 g/mol. The van der Waals surface area contributed by atoms with E-state index in [0.717, 1.165) is 25.0 Å². The van der Waals surface area contributed by atoms with E-state index in [4.69, 9.17) is 10.9 Å². The molecule has 1 aromatic carbocycles. The Morgan fingerprint density at radius 1 is 1.21 bits per heavy atom. The summed E-state index contributed by atoms with van der Waals surface area (Å²) in [5.41, 5.74) is 5.29. The quantitative estimate of drug-likeness (QED) is 0.362. The molecule has 0 aliphatic carbocycles. The first-order valence-corrected chi connectivity index (χ1v) is 6.27. The third-order valence-electron chi connectivity index (χ3n) is 2.72. The number of hydrogen-bond donors (Lipinski definition) is 2. The summed E-state index contributed by atoms with van der Waals surface area (Å²) in [6.07, 6.45) is 1.59. The van der Waals surface area contributed by atoms with Crippen LogP contribution < -0.4 is 10.6 Å². The van der Waals surface area contributed by atoms with E-state index in [0.29, 0.717) is 13.1 Å². The van der Waals surface area contributed by atoms with Crippen molar-refractivity contribution in [2.75, 3.05) is 18.0 Å². The molecule has 0 bridgehead atoms. The van der Waals surface area contributed by atoms with Gasteiger partial charge in [-0.1, -0.05) is 19.0 Å². The van der Waals surface area contributed by atoms with Crippen LogP contribution in [0.25, 0.3) is 0 Å². The maximum absolute atomic E-state index is 14.0. The fourth-order valence-electron chi connectivity index (χ4n) is 1.95. The van der Waals surface area contributed by atoms with E-state index in [-0.39, 0.29) is 17.1 Å². The third kappa shape index (κ3) is 3.56. The Kier molecular flexibility index (Phi) is 5.54. The first-order chi connectivity index (χ1) is 9.04. The summed E-state index contributed by atoms with van der Waals surface area (Å²) in [5.74, 6) is -1.73. The number of amidine groups is 1. The van der Waals surface area contributed by atoms with Crippen molar-refractivity contribution in [3.63, 3.8) is 0 Å². The number of rotatable bonds is 6.